The number of fused-ring (bicyclic) bond motifs is 2. The second-order valence-electron chi connectivity index (χ2n) is 5.25. The number of nitrogens with zero attached hydrogens (tertiary/aromatic N) is 1. The predicted octanol–water partition coefficient (Wildman–Crippen LogP) is 2.70. The number of hydrogen-bond donors (Lipinski definition) is 0. The third-order valence-electron chi connectivity index (χ3n) is 4.08. The Labute approximate surface area is 137 Å². The first-order valence-electron chi connectivity index (χ1n) is 7.05. The Kier molecular flexibility index (Phi) is 3.56. The molecule has 0 heterocycles. The Morgan fingerprint density at radius 3 is 1.79 bits per heavy atom. The van der Waals surface area contributed by atoms with Crippen molar-refractivity contribution in [1.82, 2.24) is 0 Å². The first kappa shape index (κ1) is 15.7. The molecular formula is C17H13NO6. The van der Waals surface area contributed by atoms with Gasteiger partial charge >= 0.3 is 5.69 Å². The summed E-state index contributed by atoms with van der Waals surface area (Å²) in [6.45, 7) is 1.46. The lowest BCUT2D eigenvalue weighted by Crippen LogP contribution is -2.23. The number of rotatable bonds is 3. The zero-order valence-corrected chi connectivity index (χ0v) is 13.2. The van der Waals surface area contributed by atoms with Gasteiger partial charge in [-0.3, -0.25) is 19.7 Å². The Morgan fingerprint density at radius 1 is 0.917 bits per heavy atom. The molecule has 0 radical (unpaired) electrons. The lowest BCUT2D eigenvalue weighted by molar-refractivity contribution is -0.386. The minimum Gasteiger partial charge on any atom is -0.495 e. The summed E-state index contributed by atoms with van der Waals surface area (Å²) in [5, 5.41) is 11.5. The van der Waals surface area contributed by atoms with E-state index in [0.717, 1.165) is 0 Å². The fraction of sp³-hybridized carbons (Fsp3) is 0.176. The molecular weight excluding hydrogens is 314 g/mol. The average Bonchev–Trinajstić information content (AvgIpc) is 2.58. The monoisotopic (exact) mass is 327 g/mol. The molecule has 0 saturated heterocycles. The standard InChI is InChI=1S/C17H13NO6/c1-8-13(18(21)22)17(24-3)12-11(16(8)23-2)14(19)9-6-4-5-7-10(9)15(12)20/h4-7H,1-3H3. The van der Waals surface area contributed by atoms with Crippen LogP contribution in [0.15, 0.2) is 24.3 Å². The SMILES string of the molecule is COc1c(C)c([N+](=O)[O-])c(OC)c2c1C(=O)c1ccccc1C2=O. The number of hydrogen-bond acceptors (Lipinski definition) is 6. The fourth-order valence-corrected chi connectivity index (χ4v) is 3.07. The molecule has 7 nitrogen and oxygen atoms in total. The summed E-state index contributed by atoms with van der Waals surface area (Å²) in [4.78, 5) is 36.6. The maximum Gasteiger partial charge on any atom is 0.318 e. The summed E-state index contributed by atoms with van der Waals surface area (Å²) in [7, 11) is 2.53. The van der Waals surface area contributed by atoms with Gasteiger partial charge in [0.1, 0.15) is 5.75 Å². The van der Waals surface area contributed by atoms with Gasteiger partial charge in [0.05, 0.1) is 35.8 Å². The van der Waals surface area contributed by atoms with E-state index in [0.29, 0.717) is 0 Å². The Bertz CT molecular complexity index is 916. The van der Waals surface area contributed by atoms with Gasteiger partial charge < -0.3 is 9.47 Å². The molecule has 0 amide bonds. The average molecular weight is 327 g/mol. The third kappa shape index (κ3) is 1.91. The van der Waals surface area contributed by atoms with Crippen LogP contribution in [-0.2, 0) is 0 Å². The highest BCUT2D eigenvalue weighted by Gasteiger charge is 2.40. The molecule has 7 heteroatoms. The van der Waals surface area contributed by atoms with Crippen LogP contribution in [-0.4, -0.2) is 30.7 Å². The van der Waals surface area contributed by atoms with Gasteiger partial charge in [-0.15, -0.1) is 0 Å². The van der Waals surface area contributed by atoms with E-state index in [1.165, 1.54) is 27.2 Å². The van der Waals surface area contributed by atoms with Gasteiger partial charge in [-0.2, -0.15) is 0 Å². The van der Waals surface area contributed by atoms with Crippen molar-refractivity contribution in [2.75, 3.05) is 14.2 Å². The molecule has 122 valence electrons. The van der Waals surface area contributed by atoms with E-state index in [1.807, 2.05) is 0 Å². The van der Waals surface area contributed by atoms with Gasteiger partial charge in [0, 0.05) is 11.1 Å². The van der Waals surface area contributed by atoms with Gasteiger partial charge in [-0.05, 0) is 6.92 Å². The highest BCUT2D eigenvalue weighted by Crippen LogP contribution is 2.47. The maximum absolute atomic E-state index is 12.9. The smallest absolute Gasteiger partial charge is 0.318 e. The molecule has 24 heavy (non-hydrogen) atoms. The molecule has 0 atom stereocenters. The van der Waals surface area contributed by atoms with Gasteiger partial charge in [0.2, 0.25) is 5.75 Å². The Balaban J connectivity index is 2.50. The Hall–Kier alpha value is -3.22. The summed E-state index contributed by atoms with van der Waals surface area (Å²) in [5.74, 6) is -1.13. The van der Waals surface area contributed by atoms with Crippen LogP contribution in [0.5, 0.6) is 11.5 Å². The van der Waals surface area contributed by atoms with E-state index in [-0.39, 0.29) is 45.0 Å². The predicted molar refractivity (Wildman–Crippen MR) is 84.2 cm³/mol. The van der Waals surface area contributed by atoms with Crippen molar-refractivity contribution < 1.29 is 24.0 Å². The number of benzene rings is 2. The zero-order valence-electron chi connectivity index (χ0n) is 13.2. The molecule has 0 spiro atoms. The number of ketones is 2. The van der Waals surface area contributed by atoms with Crippen LogP contribution < -0.4 is 9.47 Å². The highest BCUT2D eigenvalue weighted by atomic mass is 16.6. The largest absolute Gasteiger partial charge is 0.495 e. The summed E-state index contributed by atoms with van der Waals surface area (Å²) in [6, 6.07) is 6.33. The molecule has 0 unspecified atom stereocenters. The van der Waals surface area contributed by atoms with Crippen LogP contribution in [0.4, 0.5) is 5.69 Å². The van der Waals surface area contributed by atoms with Gasteiger partial charge in [0.15, 0.2) is 11.6 Å². The molecule has 0 aliphatic heterocycles. The van der Waals surface area contributed by atoms with E-state index in [9.17, 15) is 19.7 Å². The first-order valence-corrected chi connectivity index (χ1v) is 7.05. The minimum absolute atomic E-state index is 0.00106. The van der Waals surface area contributed by atoms with Crippen molar-refractivity contribution in [3.63, 3.8) is 0 Å². The maximum atomic E-state index is 12.9. The molecule has 1 aliphatic rings. The Morgan fingerprint density at radius 2 is 1.38 bits per heavy atom. The second kappa shape index (κ2) is 5.45. The van der Waals surface area contributed by atoms with Gasteiger partial charge in [-0.25, -0.2) is 0 Å². The normalized spacial score (nSPS) is 12.5. The number of nitro benzene ring substituents is 1. The van der Waals surface area contributed by atoms with Crippen LogP contribution in [0.25, 0.3) is 0 Å². The number of nitro groups is 1. The van der Waals surface area contributed by atoms with Crippen molar-refractivity contribution in [3.05, 3.63) is 62.2 Å². The van der Waals surface area contributed by atoms with Gasteiger partial charge in [-0.1, -0.05) is 24.3 Å². The molecule has 2 aromatic rings. The first-order chi connectivity index (χ1) is 11.4. The summed E-state index contributed by atoms with van der Waals surface area (Å²) in [6.07, 6.45) is 0. The van der Waals surface area contributed by atoms with E-state index in [1.54, 1.807) is 18.2 Å². The van der Waals surface area contributed by atoms with Crippen LogP contribution in [0, 0.1) is 17.0 Å². The van der Waals surface area contributed by atoms with E-state index in [4.69, 9.17) is 9.47 Å². The van der Waals surface area contributed by atoms with E-state index < -0.39 is 16.5 Å². The zero-order chi connectivity index (χ0) is 17.6. The molecule has 3 rings (SSSR count). The molecule has 0 bridgehead atoms. The highest BCUT2D eigenvalue weighted by molar-refractivity contribution is 6.30. The second-order valence-corrected chi connectivity index (χ2v) is 5.25. The fourth-order valence-electron chi connectivity index (χ4n) is 3.07. The van der Waals surface area contributed by atoms with Crippen molar-refractivity contribution >= 4 is 17.3 Å². The topological polar surface area (TPSA) is 95.7 Å². The van der Waals surface area contributed by atoms with Crippen LogP contribution in [0.1, 0.15) is 37.4 Å². The number of carbonyl (C=O) groups excluding carboxylic acids is 2. The van der Waals surface area contributed by atoms with E-state index in [2.05, 4.69) is 0 Å². The van der Waals surface area contributed by atoms with Gasteiger partial charge in [0.25, 0.3) is 0 Å². The lowest BCUT2D eigenvalue weighted by atomic mass is 9.81. The van der Waals surface area contributed by atoms with Crippen molar-refractivity contribution in [2.24, 2.45) is 0 Å². The molecule has 0 aromatic heterocycles. The molecule has 1 aliphatic carbocycles. The van der Waals surface area contributed by atoms with Crippen LogP contribution >= 0.6 is 0 Å². The summed E-state index contributed by atoms with van der Waals surface area (Å²) >= 11 is 0. The van der Waals surface area contributed by atoms with Crippen LogP contribution in [0.3, 0.4) is 0 Å². The molecule has 0 fully saturated rings. The summed E-state index contributed by atoms with van der Waals surface area (Å²) in [5.41, 5.74) is 0.0564. The molecule has 2 aromatic carbocycles. The third-order valence-corrected chi connectivity index (χ3v) is 4.08. The number of ether oxygens (including phenoxy) is 2. The number of carbonyl (C=O) groups is 2. The number of methoxy groups -OCH3 is 2. The molecule has 0 saturated carbocycles. The minimum atomic E-state index is -0.644. The summed E-state index contributed by atoms with van der Waals surface area (Å²) < 4.78 is 10.4. The lowest BCUT2D eigenvalue weighted by Gasteiger charge is -2.23. The van der Waals surface area contributed by atoms with E-state index >= 15 is 0 Å². The van der Waals surface area contributed by atoms with Crippen molar-refractivity contribution in [1.29, 1.82) is 0 Å². The molecule has 0 N–H and O–H groups in total. The van der Waals surface area contributed by atoms with Crippen molar-refractivity contribution in [2.45, 2.75) is 6.92 Å². The van der Waals surface area contributed by atoms with Crippen molar-refractivity contribution in [3.8, 4) is 11.5 Å². The quantitative estimate of drug-likeness (QED) is 0.542. The van der Waals surface area contributed by atoms with Crippen LogP contribution in [0.2, 0.25) is 0 Å².